The molecule has 1 saturated heterocycles. The van der Waals surface area contributed by atoms with Gasteiger partial charge >= 0.3 is 5.97 Å². The number of ether oxygens (including phenoxy) is 1. The van der Waals surface area contributed by atoms with E-state index in [2.05, 4.69) is 38.2 Å². The maximum absolute atomic E-state index is 11.7. The van der Waals surface area contributed by atoms with Gasteiger partial charge in [-0.15, -0.1) is 0 Å². The molecule has 3 nitrogen and oxygen atoms in total. The smallest absolute Gasteiger partial charge is 0.313 e. The summed E-state index contributed by atoms with van der Waals surface area (Å²) in [7, 11) is 0. The van der Waals surface area contributed by atoms with E-state index in [9.17, 15) is 9.90 Å². The fraction of sp³-hybridized carbons (Fsp3) is 0.821. The van der Waals surface area contributed by atoms with Gasteiger partial charge in [-0.2, -0.15) is 0 Å². The van der Waals surface area contributed by atoms with Gasteiger partial charge in [0.15, 0.2) is 0 Å². The zero-order chi connectivity index (χ0) is 22.6. The SMILES string of the molecule is CCCCC/C=C\C/C=C\CCCCCCC[C@@H](O)C[C@@H]1OC(=O)[C@H]1CCCCCC. The molecule has 0 unspecified atom stereocenters. The van der Waals surface area contributed by atoms with Crippen LogP contribution in [-0.4, -0.2) is 23.3 Å². The molecule has 0 aliphatic carbocycles. The van der Waals surface area contributed by atoms with Gasteiger partial charge in [-0.3, -0.25) is 4.79 Å². The molecule has 0 saturated carbocycles. The van der Waals surface area contributed by atoms with E-state index in [0.717, 1.165) is 32.1 Å². The van der Waals surface area contributed by atoms with Crippen LogP contribution < -0.4 is 0 Å². The van der Waals surface area contributed by atoms with Crippen molar-refractivity contribution >= 4 is 5.97 Å². The van der Waals surface area contributed by atoms with Crippen LogP contribution in [0.1, 0.15) is 129 Å². The quantitative estimate of drug-likeness (QED) is 0.113. The minimum absolute atomic E-state index is 0.0381. The van der Waals surface area contributed by atoms with Crippen molar-refractivity contribution in [2.45, 2.75) is 142 Å². The summed E-state index contributed by atoms with van der Waals surface area (Å²) >= 11 is 0. The van der Waals surface area contributed by atoms with Gasteiger partial charge in [0.05, 0.1) is 12.0 Å². The van der Waals surface area contributed by atoms with E-state index in [1.807, 2.05) is 0 Å². The van der Waals surface area contributed by atoms with Crippen molar-refractivity contribution in [2.75, 3.05) is 0 Å². The summed E-state index contributed by atoms with van der Waals surface area (Å²) in [6, 6.07) is 0. The lowest BCUT2D eigenvalue weighted by Gasteiger charge is -2.36. The standard InChI is InChI=1S/C28H50O3/c1-3-5-7-9-10-11-12-13-14-15-16-17-18-19-20-22-25(29)24-27-26(28(30)31-27)23-21-8-6-4-2/h10-11,13-14,25-27,29H,3-9,12,15-24H2,1-2H3/b11-10-,14-13-/t25-,26+,27+/m1/s1. The molecule has 0 aromatic rings. The zero-order valence-corrected chi connectivity index (χ0v) is 20.5. The van der Waals surface area contributed by atoms with Gasteiger partial charge in [-0.25, -0.2) is 0 Å². The first kappa shape index (κ1) is 27.9. The van der Waals surface area contributed by atoms with E-state index in [1.165, 1.54) is 77.0 Å². The molecule has 0 amide bonds. The summed E-state index contributed by atoms with van der Waals surface area (Å²) in [5.74, 6) is -0.0122. The third kappa shape index (κ3) is 14.6. The lowest BCUT2D eigenvalue weighted by atomic mass is 9.86. The Hall–Kier alpha value is -1.09. The number of hydrogen-bond donors (Lipinski definition) is 1. The zero-order valence-electron chi connectivity index (χ0n) is 20.5. The molecule has 0 aromatic carbocycles. The van der Waals surface area contributed by atoms with Gasteiger partial charge < -0.3 is 9.84 Å². The molecule has 0 radical (unpaired) electrons. The summed E-state index contributed by atoms with van der Waals surface area (Å²) in [6.07, 6.45) is 29.5. The fourth-order valence-corrected chi connectivity index (χ4v) is 4.28. The Kier molecular flexibility index (Phi) is 17.7. The van der Waals surface area contributed by atoms with Gasteiger partial charge in [0, 0.05) is 6.42 Å². The maximum Gasteiger partial charge on any atom is 0.313 e. The second-order valence-electron chi connectivity index (χ2n) is 9.34. The summed E-state index contributed by atoms with van der Waals surface area (Å²) in [5, 5.41) is 10.3. The topological polar surface area (TPSA) is 46.5 Å². The van der Waals surface area contributed by atoms with E-state index in [0.29, 0.717) is 6.42 Å². The number of carbonyl (C=O) groups is 1. The van der Waals surface area contributed by atoms with Crippen molar-refractivity contribution in [2.24, 2.45) is 5.92 Å². The molecule has 3 atom stereocenters. The van der Waals surface area contributed by atoms with Crippen molar-refractivity contribution in [1.29, 1.82) is 0 Å². The van der Waals surface area contributed by atoms with Crippen molar-refractivity contribution in [3.63, 3.8) is 0 Å². The average molecular weight is 435 g/mol. The number of aliphatic hydroxyl groups is 1. The molecule has 1 aliphatic heterocycles. The summed E-state index contributed by atoms with van der Waals surface area (Å²) in [5.41, 5.74) is 0. The summed E-state index contributed by atoms with van der Waals surface area (Å²) < 4.78 is 5.30. The molecule has 1 heterocycles. The highest BCUT2D eigenvalue weighted by molar-refractivity contribution is 5.78. The minimum atomic E-state index is -0.325. The number of allylic oxidation sites excluding steroid dienone is 4. The molecular weight excluding hydrogens is 384 g/mol. The monoisotopic (exact) mass is 434 g/mol. The largest absolute Gasteiger partial charge is 0.461 e. The van der Waals surface area contributed by atoms with Crippen molar-refractivity contribution in [1.82, 2.24) is 0 Å². The molecule has 0 spiro atoms. The number of esters is 1. The molecule has 1 aliphatic rings. The van der Waals surface area contributed by atoms with E-state index in [-0.39, 0.29) is 24.1 Å². The third-order valence-electron chi connectivity index (χ3n) is 6.38. The van der Waals surface area contributed by atoms with Crippen LogP contribution >= 0.6 is 0 Å². The number of rotatable bonds is 21. The van der Waals surface area contributed by atoms with E-state index >= 15 is 0 Å². The Bertz CT molecular complexity index is 483. The molecule has 3 heteroatoms. The van der Waals surface area contributed by atoms with Crippen LogP contribution in [-0.2, 0) is 9.53 Å². The highest BCUT2D eigenvalue weighted by Crippen LogP contribution is 2.31. The van der Waals surface area contributed by atoms with Gasteiger partial charge in [-0.1, -0.05) is 102 Å². The molecular formula is C28H50O3. The van der Waals surface area contributed by atoms with Gasteiger partial charge in [0.25, 0.3) is 0 Å². The Morgan fingerprint density at radius 3 is 2.06 bits per heavy atom. The fourth-order valence-electron chi connectivity index (χ4n) is 4.28. The molecule has 1 N–H and O–H groups in total. The first-order valence-corrected chi connectivity index (χ1v) is 13.4. The molecule has 180 valence electrons. The lowest BCUT2D eigenvalue weighted by Crippen LogP contribution is -2.46. The van der Waals surface area contributed by atoms with E-state index in [4.69, 9.17) is 4.74 Å². The van der Waals surface area contributed by atoms with Crippen molar-refractivity contribution in [3.05, 3.63) is 24.3 Å². The second-order valence-corrected chi connectivity index (χ2v) is 9.34. The molecule has 0 aromatic heterocycles. The van der Waals surface area contributed by atoms with Crippen molar-refractivity contribution in [3.8, 4) is 0 Å². The third-order valence-corrected chi connectivity index (χ3v) is 6.38. The second kappa shape index (κ2) is 19.6. The Morgan fingerprint density at radius 1 is 0.806 bits per heavy atom. The van der Waals surface area contributed by atoms with Gasteiger partial charge in [-0.05, 0) is 44.9 Å². The van der Waals surface area contributed by atoms with Crippen LogP contribution in [0.2, 0.25) is 0 Å². The van der Waals surface area contributed by atoms with Crippen LogP contribution in [0, 0.1) is 5.92 Å². The van der Waals surface area contributed by atoms with Crippen LogP contribution in [0.3, 0.4) is 0 Å². The highest BCUT2D eigenvalue weighted by atomic mass is 16.6. The summed E-state index contributed by atoms with van der Waals surface area (Å²) in [6.45, 7) is 4.44. The highest BCUT2D eigenvalue weighted by Gasteiger charge is 2.42. The normalized spacial score (nSPS) is 19.8. The van der Waals surface area contributed by atoms with Crippen LogP contribution in [0.15, 0.2) is 24.3 Å². The summed E-state index contributed by atoms with van der Waals surface area (Å²) in [4.78, 5) is 11.7. The van der Waals surface area contributed by atoms with E-state index < -0.39 is 0 Å². The van der Waals surface area contributed by atoms with Crippen molar-refractivity contribution < 1.29 is 14.6 Å². The Morgan fingerprint density at radius 2 is 1.39 bits per heavy atom. The Balaban J connectivity index is 1.92. The number of hydrogen-bond acceptors (Lipinski definition) is 3. The predicted octanol–water partition coefficient (Wildman–Crippen LogP) is 8.06. The van der Waals surface area contributed by atoms with Gasteiger partial charge in [0.2, 0.25) is 0 Å². The van der Waals surface area contributed by atoms with Crippen LogP contribution in [0.4, 0.5) is 0 Å². The van der Waals surface area contributed by atoms with E-state index in [1.54, 1.807) is 0 Å². The van der Waals surface area contributed by atoms with Crippen LogP contribution in [0.5, 0.6) is 0 Å². The first-order chi connectivity index (χ1) is 15.2. The Labute approximate surface area is 192 Å². The first-order valence-electron chi connectivity index (χ1n) is 13.4. The molecule has 1 fully saturated rings. The molecule has 31 heavy (non-hydrogen) atoms. The number of carbonyl (C=O) groups excluding carboxylic acids is 1. The predicted molar refractivity (Wildman–Crippen MR) is 132 cm³/mol. The maximum atomic E-state index is 11.7. The van der Waals surface area contributed by atoms with Gasteiger partial charge in [0.1, 0.15) is 6.10 Å². The number of cyclic esters (lactones) is 1. The minimum Gasteiger partial charge on any atom is -0.461 e. The average Bonchev–Trinajstić information content (AvgIpc) is 2.76. The number of unbranched alkanes of at least 4 members (excludes halogenated alkanes) is 11. The number of aliphatic hydroxyl groups excluding tert-OH is 1. The molecule has 0 bridgehead atoms. The molecule has 1 rings (SSSR count). The van der Waals surface area contributed by atoms with Crippen LogP contribution in [0.25, 0.3) is 0 Å². The lowest BCUT2D eigenvalue weighted by molar-refractivity contribution is -0.188.